The summed E-state index contributed by atoms with van der Waals surface area (Å²) in [7, 11) is 0. The van der Waals surface area contributed by atoms with Gasteiger partial charge in [0.25, 0.3) is 0 Å². The van der Waals surface area contributed by atoms with Crippen LogP contribution in [0.3, 0.4) is 0 Å². The first-order chi connectivity index (χ1) is 9.88. The van der Waals surface area contributed by atoms with Crippen molar-refractivity contribution in [2.45, 2.75) is 0 Å². The average molecular weight is 257 g/mol. The number of fused-ring (bicyclic) bond motifs is 1. The van der Waals surface area contributed by atoms with Crippen LogP contribution < -0.4 is 0 Å². The number of allylic oxidation sites excluding steroid dienone is 1. The molecule has 0 aliphatic heterocycles. The normalized spacial score (nSPS) is 11.2. The molecule has 0 saturated heterocycles. The Kier molecular flexibility index (Phi) is 3.22. The monoisotopic (exact) mass is 257 g/mol. The Balaban J connectivity index is 2.18. The van der Waals surface area contributed by atoms with E-state index in [0.717, 1.165) is 22.0 Å². The molecule has 20 heavy (non-hydrogen) atoms. The Morgan fingerprint density at radius 3 is 2.60 bits per heavy atom. The topological polar surface area (TPSA) is 49.6 Å². The average Bonchev–Trinajstić information content (AvgIpc) is 2.53. The fraction of sp³-hybridized carbons (Fsp3) is 0. The summed E-state index contributed by atoms with van der Waals surface area (Å²) < 4.78 is 0. The number of hydrogen-bond acceptors (Lipinski definition) is 3. The van der Waals surface area contributed by atoms with Gasteiger partial charge >= 0.3 is 0 Å². The van der Waals surface area contributed by atoms with E-state index in [1.807, 2.05) is 48.5 Å². The van der Waals surface area contributed by atoms with Crippen LogP contribution in [-0.4, -0.2) is 9.97 Å². The Hall–Kier alpha value is -2.99. The van der Waals surface area contributed by atoms with Crippen LogP contribution in [0.1, 0.15) is 11.1 Å². The predicted molar refractivity (Wildman–Crippen MR) is 79.5 cm³/mol. The van der Waals surface area contributed by atoms with E-state index in [1.165, 1.54) is 0 Å². The molecule has 2 heterocycles. The van der Waals surface area contributed by atoms with E-state index in [4.69, 9.17) is 0 Å². The van der Waals surface area contributed by atoms with Gasteiger partial charge in [0, 0.05) is 29.5 Å². The summed E-state index contributed by atoms with van der Waals surface area (Å²) >= 11 is 0. The number of rotatable bonds is 2. The highest BCUT2D eigenvalue weighted by Gasteiger charge is 2.06. The van der Waals surface area contributed by atoms with Crippen molar-refractivity contribution in [3.63, 3.8) is 0 Å². The minimum atomic E-state index is 0.620. The van der Waals surface area contributed by atoms with Crippen LogP contribution in [0.5, 0.6) is 0 Å². The maximum absolute atomic E-state index is 9.45. The summed E-state index contributed by atoms with van der Waals surface area (Å²) in [5.74, 6) is 0. The molecule has 0 fully saturated rings. The van der Waals surface area contributed by atoms with Crippen LogP contribution in [0.25, 0.3) is 22.6 Å². The van der Waals surface area contributed by atoms with Gasteiger partial charge in [0.2, 0.25) is 0 Å². The summed E-state index contributed by atoms with van der Waals surface area (Å²) in [6.45, 7) is 0. The molecule has 3 nitrogen and oxygen atoms in total. The fourth-order valence-electron chi connectivity index (χ4n) is 2.13. The lowest BCUT2D eigenvalue weighted by Gasteiger charge is -2.04. The molecule has 0 aliphatic rings. The summed E-state index contributed by atoms with van der Waals surface area (Å²) in [4.78, 5) is 8.30. The minimum Gasteiger partial charge on any atom is -0.265 e. The predicted octanol–water partition coefficient (Wildman–Crippen LogP) is 3.69. The van der Waals surface area contributed by atoms with E-state index in [1.54, 1.807) is 18.6 Å². The lowest BCUT2D eigenvalue weighted by atomic mass is 10.0. The van der Waals surface area contributed by atoms with Crippen LogP contribution in [0.4, 0.5) is 0 Å². The SMILES string of the molecule is N#C/C(=C\c1ccncc1)c1ccnc2ccccc12. The molecule has 0 radical (unpaired) electrons. The van der Waals surface area contributed by atoms with Crippen LogP contribution in [0, 0.1) is 11.3 Å². The molecule has 0 unspecified atom stereocenters. The third-order valence-electron chi connectivity index (χ3n) is 3.08. The molecule has 94 valence electrons. The van der Waals surface area contributed by atoms with Crippen LogP contribution in [0.15, 0.2) is 61.1 Å². The number of nitriles is 1. The number of aromatic nitrogens is 2. The molecular weight excluding hydrogens is 246 g/mol. The molecule has 0 aliphatic carbocycles. The molecule has 3 rings (SSSR count). The third-order valence-corrected chi connectivity index (χ3v) is 3.08. The standard InChI is InChI=1S/C17H11N3/c18-12-14(11-13-5-8-19-9-6-13)15-7-10-20-17-4-2-1-3-16(15)17/h1-11H/b14-11+. The first kappa shape index (κ1) is 12.1. The molecule has 0 spiro atoms. The van der Waals surface area contributed by atoms with Gasteiger partial charge in [-0.05, 0) is 35.9 Å². The largest absolute Gasteiger partial charge is 0.265 e. The molecule has 0 bridgehead atoms. The van der Waals surface area contributed by atoms with Crippen molar-refractivity contribution >= 4 is 22.6 Å². The van der Waals surface area contributed by atoms with E-state index < -0.39 is 0 Å². The highest BCUT2D eigenvalue weighted by atomic mass is 14.6. The number of benzene rings is 1. The summed E-state index contributed by atoms with van der Waals surface area (Å²) in [5, 5.41) is 10.4. The fourth-order valence-corrected chi connectivity index (χ4v) is 2.13. The summed E-state index contributed by atoms with van der Waals surface area (Å²) in [6.07, 6.45) is 7.02. The Morgan fingerprint density at radius 1 is 1.00 bits per heavy atom. The first-order valence-corrected chi connectivity index (χ1v) is 6.24. The highest BCUT2D eigenvalue weighted by molar-refractivity contribution is 6.00. The first-order valence-electron chi connectivity index (χ1n) is 6.24. The lowest BCUT2D eigenvalue weighted by Crippen LogP contribution is -1.87. The molecule has 0 amide bonds. The number of hydrogen-bond donors (Lipinski definition) is 0. The van der Waals surface area contributed by atoms with Gasteiger partial charge < -0.3 is 0 Å². The molecule has 2 aromatic heterocycles. The maximum Gasteiger partial charge on any atom is 0.0998 e. The van der Waals surface area contributed by atoms with Gasteiger partial charge in [0.1, 0.15) is 0 Å². The van der Waals surface area contributed by atoms with Crippen molar-refractivity contribution in [2.75, 3.05) is 0 Å². The molecule has 3 aromatic rings. The Morgan fingerprint density at radius 2 is 1.80 bits per heavy atom. The number of para-hydroxylation sites is 1. The van der Waals surface area contributed by atoms with E-state index in [-0.39, 0.29) is 0 Å². The van der Waals surface area contributed by atoms with E-state index in [0.29, 0.717) is 5.57 Å². The number of nitrogens with zero attached hydrogens (tertiary/aromatic N) is 3. The van der Waals surface area contributed by atoms with Crippen molar-refractivity contribution in [3.05, 3.63) is 72.2 Å². The second-order valence-electron chi connectivity index (χ2n) is 4.33. The Labute approximate surface area is 116 Å². The van der Waals surface area contributed by atoms with Crippen molar-refractivity contribution in [3.8, 4) is 6.07 Å². The highest BCUT2D eigenvalue weighted by Crippen LogP contribution is 2.24. The van der Waals surface area contributed by atoms with Gasteiger partial charge in [0.05, 0.1) is 17.2 Å². The van der Waals surface area contributed by atoms with Gasteiger partial charge in [-0.2, -0.15) is 5.26 Å². The second kappa shape index (κ2) is 5.33. The number of pyridine rings is 2. The molecule has 3 heteroatoms. The molecule has 1 aromatic carbocycles. The van der Waals surface area contributed by atoms with Crippen LogP contribution in [-0.2, 0) is 0 Å². The van der Waals surface area contributed by atoms with E-state index in [2.05, 4.69) is 16.0 Å². The zero-order valence-corrected chi connectivity index (χ0v) is 10.7. The van der Waals surface area contributed by atoms with Gasteiger partial charge in [0.15, 0.2) is 0 Å². The van der Waals surface area contributed by atoms with Gasteiger partial charge in [-0.25, -0.2) is 0 Å². The smallest absolute Gasteiger partial charge is 0.0998 e. The molecular formula is C17H11N3. The quantitative estimate of drug-likeness (QED) is 0.658. The zero-order valence-electron chi connectivity index (χ0n) is 10.7. The van der Waals surface area contributed by atoms with Gasteiger partial charge in [-0.15, -0.1) is 0 Å². The van der Waals surface area contributed by atoms with Gasteiger partial charge in [-0.1, -0.05) is 18.2 Å². The molecule has 0 atom stereocenters. The summed E-state index contributed by atoms with van der Waals surface area (Å²) in [6, 6.07) is 15.7. The maximum atomic E-state index is 9.45. The third kappa shape index (κ3) is 2.27. The second-order valence-corrected chi connectivity index (χ2v) is 4.33. The zero-order chi connectivity index (χ0) is 13.8. The molecule has 0 saturated carbocycles. The summed E-state index contributed by atoms with van der Waals surface area (Å²) in [5.41, 5.74) is 3.36. The van der Waals surface area contributed by atoms with Crippen LogP contribution >= 0.6 is 0 Å². The Bertz CT molecular complexity index is 809. The lowest BCUT2D eigenvalue weighted by molar-refractivity contribution is 1.32. The minimum absolute atomic E-state index is 0.620. The molecule has 0 N–H and O–H groups in total. The van der Waals surface area contributed by atoms with E-state index in [9.17, 15) is 5.26 Å². The van der Waals surface area contributed by atoms with Gasteiger partial charge in [-0.3, -0.25) is 9.97 Å². The van der Waals surface area contributed by atoms with Crippen molar-refractivity contribution in [1.82, 2.24) is 9.97 Å². The van der Waals surface area contributed by atoms with Crippen molar-refractivity contribution in [2.24, 2.45) is 0 Å². The van der Waals surface area contributed by atoms with Crippen LogP contribution in [0.2, 0.25) is 0 Å². The van der Waals surface area contributed by atoms with Crippen molar-refractivity contribution < 1.29 is 0 Å². The van der Waals surface area contributed by atoms with E-state index >= 15 is 0 Å². The van der Waals surface area contributed by atoms with Crippen molar-refractivity contribution in [1.29, 1.82) is 5.26 Å².